The zero-order chi connectivity index (χ0) is 17.7. The predicted molar refractivity (Wildman–Crippen MR) is 115 cm³/mol. The van der Waals surface area contributed by atoms with Crippen LogP contribution in [0.3, 0.4) is 0 Å². The summed E-state index contributed by atoms with van der Waals surface area (Å²) in [5, 5.41) is 3.11. The number of benzene rings is 2. The number of nitrogens with one attached hydrogen (secondary N) is 1. The fourth-order valence-electron chi connectivity index (χ4n) is 3.49. The monoisotopic (exact) mass is 469 g/mol. The Labute approximate surface area is 171 Å². The van der Waals surface area contributed by atoms with E-state index in [0.29, 0.717) is 12.5 Å². The number of hydrogen-bond acceptors (Lipinski definition) is 2. The molecule has 0 spiro atoms. The molecule has 26 heavy (non-hydrogen) atoms. The van der Waals surface area contributed by atoms with Gasteiger partial charge in [-0.1, -0.05) is 25.0 Å². The summed E-state index contributed by atoms with van der Waals surface area (Å²) >= 11 is 0. The van der Waals surface area contributed by atoms with Gasteiger partial charge in [-0.3, -0.25) is 4.99 Å². The van der Waals surface area contributed by atoms with Crippen molar-refractivity contribution >= 4 is 35.6 Å². The maximum absolute atomic E-state index is 13.2. The number of halogens is 2. The van der Waals surface area contributed by atoms with Gasteiger partial charge >= 0.3 is 0 Å². The molecule has 0 unspecified atom stereocenters. The van der Waals surface area contributed by atoms with Crippen LogP contribution in [0.2, 0.25) is 0 Å². The van der Waals surface area contributed by atoms with Gasteiger partial charge in [0, 0.05) is 11.1 Å². The molecule has 0 bridgehead atoms. The van der Waals surface area contributed by atoms with E-state index < -0.39 is 0 Å². The van der Waals surface area contributed by atoms with Crippen LogP contribution in [0, 0.1) is 5.82 Å². The Kier molecular flexibility index (Phi) is 7.25. The van der Waals surface area contributed by atoms with Crippen LogP contribution in [-0.2, 0) is 5.41 Å². The number of methoxy groups -OCH3 is 1. The van der Waals surface area contributed by atoms with Crippen molar-refractivity contribution in [3.05, 3.63) is 59.9 Å². The van der Waals surface area contributed by atoms with E-state index in [4.69, 9.17) is 10.5 Å². The minimum atomic E-state index is -0.207. The molecule has 4 nitrogen and oxygen atoms in total. The van der Waals surface area contributed by atoms with Crippen LogP contribution in [-0.4, -0.2) is 19.6 Å². The van der Waals surface area contributed by atoms with Crippen LogP contribution in [0.1, 0.15) is 31.2 Å². The molecule has 1 saturated carbocycles. The minimum Gasteiger partial charge on any atom is -0.497 e. The van der Waals surface area contributed by atoms with Crippen molar-refractivity contribution in [1.29, 1.82) is 0 Å². The number of aliphatic imine (C=N–C) groups is 1. The first-order valence-corrected chi connectivity index (χ1v) is 8.58. The summed E-state index contributed by atoms with van der Waals surface area (Å²) in [6.45, 7) is 0.605. The summed E-state index contributed by atoms with van der Waals surface area (Å²) in [6, 6.07) is 14.3. The van der Waals surface area contributed by atoms with Crippen LogP contribution < -0.4 is 15.8 Å². The van der Waals surface area contributed by atoms with Gasteiger partial charge in [0.15, 0.2) is 5.96 Å². The van der Waals surface area contributed by atoms with E-state index in [9.17, 15) is 4.39 Å². The lowest BCUT2D eigenvalue weighted by Gasteiger charge is -2.28. The number of guanidine groups is 1. The molecule has 1 fully saturated rings. The van der Waals surface area contributed by atoms with E-state index in [1.807, 2.05) is 36.4 Å². The Balaban J connectivity index is 0.00000243. The van der Waals surface area contributed by atoms with Gasteiger partial charge < -0.3 is 15.8 Å². The SMILES string of the molecule is COc1ccc(NC(N)=NCC2(c3ccc(F)cc3)CCCC2)cc1.I. The van der Waals surface area contributed by atoms with E-state index in [1.165, 1.54) is 25.0 Å². The highest BCUT2D eigenvalue weighted by molar-refractivity contribution is 14.0. The summed E-state index contributed by atoms with van der Waals surface area (Å²) in [4.78, 5) is 4.57. The van der Waals surface area contributed by atoms with Gasteiger partial charge in [-0.15, -0.1) is 24.0 Å². The average molecular weight is 469 g/mol. The number of ether oxygens (including phenoxy) is 1. The Hall–Kier alpha value is -1.83. The number of nitrogens with two attached hydrogens (primary N) is 1. The number of rotatable bonds is 5. The smallest absolute Gasteiger partial charge is 0.193 e. The molecule has 2 aromatic rings. The summed E-state index contributed by atoms with van der Waals surface area (Å²) in [7, 11) is 1.63. The summed E-state index contributed by atoms with van der Waals surface area (Å²) in [5.41, 5.74) is 8.03. The van der Waals surface area contributed by atoms with E-state index in [1.54, 1.807) is 7.11 Å². The molecule has 0 aromatic heterocycles. The van der Waals surface area contributed by atoms with Crippen molar-refractivity contribution in [2.75, 3.05) is 19.0 Å². The second kappa shape index (κ2) is 9.21. The maximum atomic E-state index is 13.2. The third-order valence-corrected chi connectivity index (χ3v) is 4.93. The van der Waals surface area contributed by atoms with E-state index in [-0.39, 0.29) is 35.2 Å². The van der Waals surface area contributed by atoms with Gasteiger partial charge in [0.1, 0.15) is 11.6 Å². The van der Waals surface area contributed by atoms with Crippen molar-refractivity contribution in [3.8, 4) is 5.75 Å². The Bertz CT molecular complexity index is 726. The van der Waals surface area contributed by atoms with Gasteiger partial charge in [-0.2, -0.15) is 0 Å². The molecule has 6 heteroatoms. The molecule has 0 aliphatic heterocycles. The van der Waals surface area contributed by atoms with Gasteiger partial charge in [0.05, 0.1) is 13.7 Å². The molecule has 0 atom stereocenters. The Morgan fingerprint density at radius 2 is 1.73 bits per heavy atom. The van der Waals surface area contributed by atoms with Gasteiger partial charge in [-0.05, 0) is 54.8 Å². The van der Waals surface area contributed by atoms with Gasteiger partial charge in [-0.25, -0.2) is 4.39 Å². The fourth-order valence-corrected chi connectivity index (χ4v) is 3.49. The molecule has 2 aromatic carbocycles. The van der Waals surface area contributed by atoms with Crippen molar-refractivity contribution in [2.24, 2.45) is 10.7 Å². The zero-order valence-corrected chi connectivity index (χ0v) is 17.2. The standard InChI is InChI=1S/C20H24FN3O.HI/c1-25-18-10-8-17(9-11-18)24-19(22)23-14-20(12-2-3-13-20)15-4-6-16(21)7-5-15;/h4-11H,2-3,12-14H2,1H3,(H3,22,23,24);1H. The number of nitrogens with zero attached hydrogens (tertiary/aromatic N) is 1. The highest BCUT2D eigenvalue weighted by atomic mass is 127. The van der Waals surface area contributed by atoms with Crippen molar-refractivity contribution in [3.63, 3.8) is 0 Å². The highest BCUT2D eigenvalue weighted by Crippen LogP contribution is 2.41. The third-order valence-electron chi connectivity index (χ3n) is 4.93. The summed E-state index contributed by atoms with van der Waals surface area (Å²) < 4.78 is 18.4. The van der Waals surface area contributed by atoms with Crippen LogP contribution in [0.5, 0.6) is 5.75 Å². The Morgan fingerprint density at radius 3 is 2.31 bits per heavy atom. The fraction of sp³-hybridized carbons (Fsp3) is 0.350. The molecule has 1 aliphatic carbocycles. The first-order valence-electron chi connectivity index (χ1n) is 8.58. The summed E-state index contributed by atoms with van der Waals surface area (Å²) in [6.07, 6.45) is 4.44. The lowest BCUT2D eigenvalue weighted by Crippen LogP contribution is -2.30. The van der Waals surface area contributed by atoms with Crippen molar-refractivity contribution in [1.82, 2.24) is 0 Å². The van der Waals surface area contributed by atoms with Crippen molar-refractivity contribution < 1.29 is 9.13 Å². The quantitative estimate of drug-likeness (QED) is 0.380. The second-order valence-electron chi connectivity index (χ2n) is 6.55. The molecule has 0 heterocycles. The van der Waals surface area contributed by atoms with Crippen LogP contribution in [0.15, 0.2) is 53.5 Å². The van der Waals surface area contributed by atoms with Crippen LogP contribution in [0.25, 0.3) is 0 Å². The topological polar surface area (TPSA) is 59.6 Å². The molecule has 140 valence electrons. The molecule has 3 N–H and O–H groups in total. The predicted octanol–water partition coefficient (Wildman–Crippen LogP) is 4.69. The van der Waals surface area contributed by atoms with E-state index in [0.717, 1.165) is 29.8 Å². The first kappa shape index (κ1) is 20.5. The largest absolute Gasteiger partial charge is 0.497 e. The maximum Gasteiger partial charge on any atom is 0.193 e. The molecule has 3 rings (SSSR count). The van der Waals surface area contributed by atoms with Gasteiger partial charge in [0.25, 0.3) is 0 Å². The van der Waals surface area contributed by atoms with Crippen LogP contribution >= 0.6 is 24.0 Å². The highest BCUT2D eigenvalue weighted by Gasteiger charge is 2.35. The van der Waals surface area contributed by atoms with Gasteiger partial charge in [0.2, 0.25) is 0 Å². The number of hydrogen-bond donors (Lipinski definition) is 2. The normalized spacial score (nSPS) is 16.0. The summed E-state index contributed by atoms with van der Waals surface area (Å²) in [5.74, 6) is 0.974. The first-order chi connectivity index (χ1) is 12.1. The lowest BCUT2D eigenvalue weighted by molar-refractivity contribution is 0.415. The molecular formula is C20H25FIN3O. The van der Waals surface area contributed by atoms with E-state index in [2.05, 4.69) is 10.3 Å². The van der Waals surface area contributed by atoms with Crippen molar-refractivity contribution in [2.45, 2.75) is 31.1 Å². The molecule has 1 aliphatic rings. The number of anilines is 1. The Morgan fingerprint density at radius 1 is 1.12 bits per heavy atom. The molecule has 0 amide bonds. The molecule has 0 radical (unpaired) electrons. The lowest BCUT2D eigenvalue weighted by atomic mass is 9.79. The molecule has 0 saturated heterocycles. The third kappa shape index (κ3) is 4.87. The van der Waals surface area contributed by atoms with Crippen LogP contribution in [0.4, 0.5) is 10.1 Å². The minimum absolute atomic E-state index is 0. The molecular weight excluding hydrogens is 444 g/mol. The second-order valence-corrected chi connectivity index (χ2v) is 6.55. The average Bonchev–Trinajstić information content (AvgIpc) is 3.11. The van der Waals surface area contributed by atoms with E-state index >= 15 is 0 Å². The zero-order valence-electron chi connectivity index (χ0n) is 14.9.